The number of nitrogens with zero attached hydrogens (tertiary/aromatic N) is 2. The van der Waals surface area contributed by atoms with Gasteiger partial charge in [-0.1, -0.05) is 0 Å². The topological polar surface area (TPSA) is 46.5 Å². The van der Waals surface area contributed by atoms with Crippen molar-refractivity contribution in [2.45, 2.75) is 93.2 Å². The summed E-state index contributed by atoms with van der Waals surface area (Å²) in [5.41, 5.74) is 3.85. The average molecular weight is 560 g/mol. The number of hydrogen-bond acceptors (Lipinski definition) is 2. The van der Waals surface area contributed by atoms with E-state index in [0.717, 1.165) is 48.4 Å². The first-order valence-electron chi connectivity index (χ1n) is 13.0. The van der Waals surface area contributed by atoms with Gasteiger partial charge in [0.15, 0.2) is 0 Å². The van der Waals surface area contributed by atoms with E-state index in [9.17, 15) is 10.2 Å². The van der Waals surface area contributed by atoms with Crippen LogP contribution in [0.3, 0.4) is 0 Å². The molecule has 0 saturated heterocycles. The summed E-state index contributed by atoms with van der Waals surface area (Å²) < 4.78 is 5.20. The number of benzene rings is 2. The zero-order chi connectivity index (χ0) is 26.6. The van der Waals surface area contributed by atoms with E-state index < -0.39 is 22.9 Å². The van der Waals surface area contributed by atoms with Crippen molar-refractivity contribution in [3.8, 4) is 11.5 Å². The molecule has 0 unspecified atom stereocenters. The summed E-state index contributed by atoms with van der Waals surface area (Å²) in [5, 5.41) is 22.2. The molecule has 5 heteroatoms. The number of phenolic OH excluding ortho intramolecular Hbond substituents is 2. The van der Waals surface area contributed by atoms with Crippen molar-refractivity contribution < 1.29 is 38.0 Å². The molecule has 0 radical (unpaired) electrons. The fraction of sp³-hybridized carbons (Fsp3) is 0.600. The van der Waals surface area contributed by atoms with Crippen molar-refractivity contribution in [1.29, 1.82) is 0 Å². The molecule has 2 N–H and O–H groups in total. The quantitative estimate of drug-likeness (QED) is 0.360. The van der Waals surface area contributed by atoms with E-state index in [4.69, 9.17) is 0 Å². The van der Waals surface area contributed by atoms with Gasteiger partial charge in [-0.3, -0.25) is 0 Å². The second-order valence-corrected chi connectivity index (χ2v) is 16.4. The van der Waals surface area contributed by atoms with Crippen LogP contribution in [0.2, 0.25) is 0 Å². The van der Waals surface area contributed by atoms with Crippen LogP contribution in [-0.4, -0.2) is 28.2 Å². The molecular formula is C30H48N2O2Zr+2. The van der Waals surface area contributed by atoms with Gasteiger partial charge >= 0.3 is 226 Å². The van der Waals surface area contributed by atoms with E-state index in [2.05, 4.69) is 98.4 Å². The Labute approximate surface area is 225 Å². The van der Waals surface area contributed by atoms with Crippen LogP contribution in [0, 0.1) is 11.8 Å². The van der Waals surface area contributed by atoms with Crippen molar-refractivity contribution in [2.24, 2.45) is 11.8 Å². The Morgan fingerprint density at radius 3 is 1.29 bits per heavy atom. The standard InChI is InChI=1S/2C15H24NO.Zr/c2*1-11(2)9-16-10-12-7-6-8-13(14(12)17)15(3,4)5;/h2*6-8,11,17H,9-10H2,1-5H3;/q2*-1;+4. The predicted octanol–water partition coefficient (Wildman–Crippen LogP) is 7.18. The third-order valence-corrected chi connectivity index (χ3v) is 9.10. The fourth-order valence-corrected chi connectivity index (χ4v) is 8.79. The zero-order valence-electron chi connectivity index (χ0n) is 23.7. The van der Waals surface area contributed by atoms with Crippen molar-refractivity contribution in [3.63, 3.8) is 0 Å². The van der Waals surface area contributed by atoms with Crippen LogP contribution in [0.15, 0.2) is 36.4 Å². The monoisotopic (exact) mass is 558 g/mol. The van der Waals surface area contributed by atoms with Crippen LogP contribution in [0.1, 0.15) is 91.5 Å². The van der Waals surface area contributed by atoms with Crippen molar-refractivity contribution in [3.05, 3.63) is 58.7 Å². The zero-order valence-corrected chi connectivity index (χ0v) is 26.2. The molecule has 0 aromatic heterocycles. The molecule has 0 aliphatic heterocycles. The Kier molecular flexibility index (Phi) is 10.3. The van der Waals surface area contributed by atoms with E-state index in [1.165, 1.54) is 0 Å². The first-order valence-corrected chi connectivity index (χ1v) is 15.2. The van der Waals surface area contributed by atoms with E-state index in [0.29, 0.717) is 23.3 Å². The fourth-order valence-electron chi connectivity index (χ4n) is 4.42. The van der Waals surface area contributed by atoms with Crippen LogP contribution in [0.5, 0.6) is 11.5 Å². The molecule has 0 heterocycles. The minimum atomic E-state index is -1.17. The summed E-state index contributed by atoms with van der Waals surface area (Å²) >= 11 is -1.17. The summed E-state index contributed by atoms with van der Waals surface area (Å²) in [4.78, 5) is 0. The molecule has 0 atom stereocenters. The molecule has 35 heavy (non-hydrogen) atoms. The molecule has 0 saturated carbocycles. The SMILES string of the molecule is CC(C)C[N+](Cc1cccc(C(C)(C)C)c1O)=[Zr]=[N+](Cc1cccc(C(C)(C)C)c1O)CC(C)C. The summed E-state index contributed by atoms with van der Waals surface area (Å²) in [6.45, 7) is 25.5. The maximum absolute atomic E-state index is 11.1. The third kappa shape index (κ3) is 8.85. The molecule has 0 bridgehead atoms. The molecule has 2 rings (SSSR count). The van der Waals surface area contributed by atoms with Gasteiger partial charge in [0.05, 0.1) is 0 Å². The number of para-hydroxylation sites is 2. The first kappa shape index (κ1) is 29.8. The van der Waals surface area contributed by atoms with Crippen LogP contribution in [-0.2, 0) is 46.8 Å². The van der Waals surface area contributed by atoms with Crippen LogP contribution < -0.4 is 0 Å². The summed E-state index contributed by atoms with van der Waals surface area (Å²) in [7, 11) is 0. The second-order valence-electron chi connectivity index (χ2n) is 12.8. The average Bonchev–Trinajstić information content (AvgIpc) is 2.68. The van der Waals surface area contributed by atoms with Crippen LogP contribution in [0.4, 0.5) is 0 Å². The van der Waals surface area contributed by atoms with Gasteiger partial charge in [0, 0.05) is 0 Å². The molecule has 0 amide bonds. The van der Waals surface area contributed by atoms with Gasteiger partial charge in [0.1, 0.15) is 0 Å². The molecule has 192 valence electrons. The van der Waals surface area contributed by atoms with Crippen LogP contribution >= 0.6 is 0 Å². The van der Waals surface area contributed by atoms with Gasteiger partial charge in [-0.05, 0) is 0 Å². The second kappa shape index (κ2) is 12.2. The molecule has 0 spiro atoms. The predicted molar refractivity (Wildman–Crippen MR) is 141 cm³/mol. The van der Waals surface area contributed by atoms with E-state index in [-0.39, 0.29) is 10.8 Å². The first-order chi connectivity index (χ1) is 16.1. The molecular weight excluding hydrogens is 512 g/mol. The molecule has 0 fully saturated rings. The van der Waals surface area contributed by atoms with Crippen LogP contribution in [0.25, 0.3) is 0 Å². The van der Waals surface area contributed by atoms with Gasteiger partial charge in [0.25, 0.3) is 0 Å². The van der Waals surface area contributed by atoms with Gasteiger partial charge in [0.2, 0.25) is 0 Å². The molecule has 2 aromatic rings. The van der Waals surface area contributed by atoms with Crippen molar-refractivity contribution in [2.75, 3.05) is 13.1 Å². The van der Waals surface area contributed by atoms with Gasteiger partial charge in [-0.25, -0.2) is 0 Å². The van der Waals surface area contributed by atoms with Gasteiger partial charge < -0.3 is 0 Å². The van der Waals surface area contributed by atoms with E-state index in [1.807, 2.05) is 12.1 Å². The number of rotatable bonds is 8. The molecule has 4 nitrogen and oxygen atoms in total. The Bertz CT molecular complexity index is 999. The molecule has 2 aromatic carbocycles. The van der Waals surface area contributed by atoms with Gasteiger partial charge in [-0.2, -0.15) is 0 Å². The Morgan fingerprint density at radius 2 is 1.00 bits per heavy atom. The van der Waals surface area contributed by atoms with Gasteiger partial charge in [-0.15, -0.1) is 0 Å². The Balaban J connectivity index is 2.60. The summed E-state index contributed by atoms with van der Waals surface area (Å²) in [6.07, 6.45) is 0. The number of hydrogen-bond donors (Lipinski definition) is 2. The normalized spacial score (nSPS) is 12.2. The van der Waals surface area contributed by atoms with E-state index in [1.54, 1.807) is 0 Å². The minimum absolute atomic E-state index is 0.0950. The third-order valence-electron chi connectivity index (χ3n) is 6.03. The van der Waals surface area contributed by atoms with E-state index >= 15 is 0 Å². The van der Waals surface area contributed by atoms with Crippen molar-refractivity contribution in [1.82, 2.24) is 0 Å². The molecule has 0 aliphatic carbocycles. The number of aromatic hydroxyl groups is 2. The molecule has 0 aliphatic rings. The summed E-state index contributed by atoms with van der Waals surface area (Å²) in [5.74, 6) is 1.97. The van der Waals surface area contributed by atoms with Crippen molar-refractivity contribution >= 4 is 0 Å². The Hall–Kier alpha value is -1.48. The maximum atomic E-state index is 11.1. The number of phenols is 2. The summed E-state index contributed by atoms with van der Waals surface area (Å²) in [6, 6.07) is 12.4. The Morgan fingerprint density at radius 1 is 0.657 bits per heavy atom.